The highest BCUT2D eigenvalue weighted by molar-refractivity contribution is 5.90. The molecule has 0 spiro atoms. The standard InChI is InChI=1S/C17H17F3N4O2/c18-17(19,20)11-3-1-2-9(4-11)5-15(25)22-12-6-10(7-12)13-8-14(16(21)26)24-23-13/h1-4,8,10,12H,5-7H2,(H2,21,26)(H,22,25)(H,23,24)/t10-,12+. The van der Waals surface area contributed by atoms with Crippen LogP contribution < -0.4 is 11.1 Å². The van der Waals surface area contributed by atoms with Crippen molar-refractivity contribution in [3.8, 4) is 0 Å². The van der Waals surface area contributed by atoms with Crippen LogP contribution in [0.25, 0.3) is 0 Å². The molecule has 0 radical (unpaired) electrons. The summed E-state index contributed by atoms with van der Waals surface area (Å²) in [6.07, 6.45) is -3.24. The Morgan fingerprint density at radius 1 is 1.27 bits per heavy atom. The fraction of sp³-hybridized carbons (Fsp3) is 0.353. The summed E-state index contributed by atoms with van der Waals surface area (Å²) in [6.45, 7) is 0. The highest BCUT2D eigenvalue weighted by Gasteiger charge is 2.33. The Kier molecular flexibility index (Phi) is 4.71. The van der Waals surface area contributed by atoms with Gasteiger partial charge < -0.3 is 11.1 Å². The van der Waals surface area contributed by atoms with Gasteiger partial charge in [-0.15, -0.1) is 0 Å². The molecule has 0 atom stereocenters. The number of carbonyl (C=O) groups is 2. The monoisotopic (exact) mass is 366 g/mol. The fourth-order valence-corrected chi connectivity index (χ4v) is 2.97. The Balaban J connectivity index is 1.50. The van der Waals surface area contributed by atoms with E-state index in [0.717, 1.165) is 12.1 Å². The van der Waals surface area contributed by atoms with Crippen molar-refractivity contribution < 1.29 is 22.8 Å². The second-order valence-electron chi connectivity index (χ2n) is 6.38. The number of aromatic amines is 1. The summed E-state index contributed by atoms with van der Waals surface area (Å²) < 4.78 is 38.1. The first-order valence-electron chi connectivity index (χ1n) is 8.03. The number of nitrogens with one attached hydrogen (secondary N) is 2. The van der Waals surface area contributed by atoms with Gasteiger partial charge >= 0.3 is 6.18 Å². The molecule has 0 bridgehead atoms. The fourth-order valence-electron chi connectivity index (χ4n) is 2.97. The van der Waals surface area contributed by atoms with Crippen LogP contribution >= 0.6 is 0 Å². The van der Waals surface area contributed by atoms with E-state index in [9.17, 15) is 22.8 Å². The Bertz CT molecular complexity index is 825. The molecular weight excluding hydrogens is 349 g/mol. The first-order chi connectivity index (χ1) is 12.2. The van der Waals surface area contributed by atoms with Gasteiger partial charge in [0.05, 0.1) is 17.7 Å². The lowest BCUT2D eigenvalue weighted by Gasteiger charge is -2.34. The van der Waals surface area contributed by atoms with E-state index in [-0.39, 0.29) is 30.0 Å². The minimum Gasteiger partial charge on any atom is -0.364 e. The average molecular weight is 366 g/mol. The number of nitrogens with zero attached hydrogens (tertiary/aromatic N) is 1. The van der Waals surface area contributed by atoms with E-state index in [0.29, 0.717) is 24.1 Å². The van der Waals surface area contributed by atoms with Crippen molar-refractivity contribution in [2.75, 3.05) is 0 Å². The van der Waals surface area contributed by atoms with Gasteiger partial charge in [-0.05, 0) is 30.5 Å². The molecule has 1 aromatic carbocycles. The Morgan fingerprint density at radius 3 is 2.62 bits per heavy atom. The van der Waals surface area contributed by atoms with E-state index in [1.54, 1.807) is 6.07 Å². The number of aromatic nitrogens is 2. The van der Waals surface area contributed by atoms with Crippen LogP contribution in [0.15, 0.2) is 30.3 Å². The summed E-state index contributed by atoms with van der Waals surface area (Å²) in [6, 6.07) is 6.27. The number of alkyl halides is 3. The molecule has 1 saturated carbocycles. The molecule has 1 heterocycles. The van der Waals surface area contributed by atoms with Crippen LogP contribution in [0.3, 0.4) is 0 Å². The Labute approximate surface area is 147 Å². The van der Waals surface area contributed by atoms with E-state index >= 15 is 0 Å². The van der Waals surface area contributed by atoms with Crippen LogP contribution in [-0.2, 0) is 17.4 Å². The number of amides is 2. The van der Waals surface area contributed by atoms with Gasteiger partial charge in [0.2, 0.25) is 5.91 Å². The number of benzene rings is 1. The van der Waals surface area contributed by atoms with Crippen LogP contribution in [0.1, 0.15) is 46.1 Å². The van der Waals surface area contributed by atoms with Crippen LogP contribution in [0, 0.1) is 0 Å². The quantitative estimate of drug-likeness (QED) is 0.756. The topological polar surface area (TPSA) is 101 Å². The van der Waals surface area contributed by atoms with Crippen LogP contribution in [-0.4, -0.2) is 28.1 Å². The first-order valence-corrected chi connectivity index (χ1v) is 8.03. The lowest BCUT2D eigenvalue weighted by atomic mass is 9.78. The lowest BCUT2D eigenvalue weighted by Crippen LogP contribution is -2.44. The molecule has 9 heteroatoms. The molecule has 0 aliphatic heterocycles. The molecular formula is C17H17F3N4O2. The van der Waals surface area contributed by atoms with Crippen molar-refractivity contribution in [3.05, 3.63) is 52.8 Å². The van der Waals surface area contributed by atoms with E-state index in [1.165, 1.54) is 12.1 Å². The normalized spacial score (nSPS) is 19.7. The summed E-state index contributed by atoms with van der Waals surface area (Å²) >= 11 is 0. The van der Waals surface area contributed by atoms with Crippen molar-refractivity contribution in [1.82, 2.24) is 15.5 Å². The zero-order chi connectivity index (χ0) is 18.9. The number of hydrogen-bond donors (Lipinski definition) is 3. The SMILES string of the molecule is NC(=O)c1cc([C@H]2C[C@@H](NC(=O)Cc3cccc(C(F)(F)F)c3)C2)n[nH]1. The first kappa shape index (κ1) is 18.0. The van der Waals surface area contributed by atoms with Crippen LogP contribution in [0.5, 0.6) is 0 Å². The van der Waals surface area contributed by atoms with Gasteiger partial charge in [-0.25, -0.2) is 0 Å². The molecule has 4 N–H and O–H groups in total. The third-order valence-corrected chi connectivity index (χ3v) is 4.40. The van der Waals surface area contributed by atoms with Crippen molar-refractivity contribution in [2.45, 2.75) is 37.4 Å². The summed E-state index contributed by atoms with van der Waals surface area (Å²) in [5.41, 5.74) is 5.64. The summed E-state index contributed by atoms with van der Waals surface area (Å²) in [7, 11) is 0. The van der Waals surface area contributed by atoms with Crippen molar-refractivity contribution >= 4 is 11.8 Å². The number of H-pyrrole nitrogens is 1. The molecule has 2 aromatic rings. The van der Waals surface area contributed by atoms with Gasteiger partial charge in [0.1, 0.15) is 5.69 Å². The molecule has 1 aliphatic rings. The average Bonchev–Trinajstić information content (AvgIpc) is 2.99. The summed E-state index contributed by atoms with van der Waals surface area (Å²) in [5.74, 6) is -0.806. The van der Waals surface area contributed by atoms with Gasteiger partial charge in [0.15, 0.2) is 0 Å². The Hall–Kier alpha value is -2.84. The molecule has 26 heavy (non-hydrogen) atoms. The highest BCUT2D eigenvalue weighted by atomic mass is 19.4. The van der Waals surface area contributed by atoms with E-state index in [1.807, 2.05) is 0 Å². The van der Waals surface area contributed by atoms with Crippen molar-refractivity contribution in [1.29, 1.82) is 0 Å². The zero-order valence-corrected chi connectivity index (χ0v) is 13.6. The third kappa shape index (κ3) is 4.04. The number of nitrogens with two attached hydrogens (primary N) is 1. The zero-order valence-electron chi connectivity index (χ0n) is 13.6. The maximum atomic E-state index is 12.7. The van der Waals surface area contributed by atoms with Crippen LogP contribution in [0.2, 0.25) is 0 Å². The second kappa shape index (κ2) is 6.81. The van der Waals surface area contributed by atoms with Gasteiger partial charge in [0.25, 0.3) is 5.91 Å². The molecule has 2 amide bonds. The van der Waals surface area contributed by atoms with Crippen molar-refractivity contribution in [3.63, 3.8) is 0 Å². The minimum absolute atomic E-state index is 0.0629. The molecule has 1 fully saturated rings. The molecule has 3 rings (SSSR count). The molecule has 0 saturated heterocycles. The van der Waals surface area contributed by atoms with E-state index < -0.39 is 17.6 Å². The van der Waals surface area contributed by atoms with E-state index in [2.05, 4.69) is 15.5 Å². The maximum Gasteiger partial charge on any atom is 0.416 e. The summed E-state index contributed by atoms with van der Waals surface area (Å²) in [4.78, 5) is 23.1. The van der Waals surface area contributed by atoms with Gasteiger partial charge in [-0.1, -0.05) is 18.2 Å². The highest BCUT2D eigenvalue weighted by Crippen LogP contribution is 2.36. The summed E-state index contributed by atoms with van der Waals surface area (Å²) in [5, 5.41) is 9.39. The number of primary amides is 1. The maximum absolute atomic E-state index is 12.7. The van der Waals surface area contributed by atoms with E-state index in [4.69, 9.17) is 5.73 Å². The molecule has 138 valence electrons. The van der Waals surface area contributed by atoms with Gasteiger partial charge in [-0.3, -0.25) is 14.7 Å². The van der Waals surface area contributed by atoms with Crippen LogP contribution in [0.4, 0.5) is 13.2 Å². The minimum atomic E-state index is -4.43. The number of halogens is 3. The second-order valence-corrected chi connectivity index (χ2v) is 6.38. The van der Waals surface area contributed by atoms with Gasteiger partial charge in [-0.2, -0.15) is 18.3 Å². The largest absolute Gasteiger partial charge is 0.416 e. The molecule has 0 unspecified atom stereocenters. The molecule has 1 aromatic heterocycles. The Morgan fingerprint density at radius 2 is 2.00 bits per heavy atom. The molecule has 6 nitrogen and oxygen atoms in total. The lowest BCUT2D eigenvalue weighted by molar-refractivity contribution is -0.137. The number of rotatable bonds is 5. The smallest absolute Gasteiger partial charge is 0.364 e. The third-order valence-electron chi connectivity index (χ3n) is 4.40. The molecule has 1 aliphatic carbocycles. The number of carbonyl (C=O) groups excluding carboxylic acids is 2. The predicted octanol–water partition coefficient (Wildman–Crippen LogP) is 2.13. The van der Waals surface area contributed by atoms with Gasteiger partial charge in [0, 0.05) is 12.0 Å². The van der Waals surface area contributed by atoms with Crippen molar-refractivity contribution in [2.24, 2.45) is 5.73 Å². The number of hydrogen-bond acceptors (Lipinski definition) is 3. The predicted molar refractivity (Wildman–Crippen MR) is 86.2 cm³/mol.